The van der Waals surface area contributed by atoms with Crippen molar-refractivity contribution >= 4 is 23.1 Å². The van der Waals surface area contributed by atoms with Crippen LogP contribution in [0.5, 0.6) is 11.5 Å². The number of amides is 1. The third-order valence-corrected chi connectivity index (χ3v) is 5.39. The standard InChI is InChI=1S/C25H21NO5/c1-15-7-3-5-9-19(15)26-22(16-11-13-17(27)14-12-16)21(24(29)25(26)30)23(28)18-8-4-6-10-20(18)31-2/h3-14,22,27-28H,1-2H3/b23-21-. The van der Waals surface area contributed by atoms with Gasteiger partial charge in [-0.05, 0) is 48.4 Å². The number of nitrogens with zero attached hydrogens (tertiary/aromatic N) is 1. The SMILES string of the molecule is COc1ccccc1/C(O)=C1/C(=O)C(=O)N(c2ccccc2C)C1c1ccc(O)cc1. The van der Waals surface area contributed by atoms with E-state index in [9.17, 15) is 19.8 Å². The minimum atomic E-state index is -0.869. The molecule has 4 rings (SSSR count). The minimum Gasteiger partial charge on any atom is -0.508 e. The predicted molar refractivity (Wildman–Crippen MR) is 117 cm³/mol. The predicted octanol–water partition coefficient (Wildman–Crippen LogP) is 4.34. The molecule has 0 aliphatic carbocycles. The van der Waals surface area contributed by atoms with Crippen LogP contribution < -0.4 is 9.64 Å². The van der Waals surface area contributed by atoms with Gasteiger partial charge in [0.05, 0.1) is 24.3 Å². The molecule has 1 aliphatic rings. The number of ether oxygens (including phenoxy) is 1. The summed E-state index contributed by atoms with van der Waals surface area (Å²) in [5, 5.41) is 20.9. The van der Waals surface area contributed by atoms with Crippen LogP contribution in [-0.2, 0) is 9.59 Å². The lowest BCUT2D eigenvalue weighted by Crippen LogP contribution is -2.30. The number of ketones is 1. The molecule has 1 heterocycles. The van der Waals surface area contributed by atoms with Gasteiger partial charge in [-0.3, -0.25) is 14.5 Å². The Bertz CT molecular complexity index is 1200. The van der Waals surface area contributed by atoms with E-state index in [1.807, 2.05) is 19.1 Å². The molecule has 0 aromatic heterocycles. The molecule has 0 bridgehead atoms. The highest BCUT2D eigenvalue weighted by atomic mass is 16.5. The third kappa shape index (κ3) is 3.42. The number of aryl methyl sites for hydroxylation is 1. The second-order valence-corrected chi connectivity index (χ2v) is 7.25. The van der Waals surface area contributed by atoms with E-state index in [1.54, 1.807) is 48.5 Å². The lowest BCUT2D eigenvalue weighted by atomic mass is 9.94. The number of aromatic hydroxyl groups is 1. The fourth-order valence-corrected chi connectivity index (χ4v) is 3.87. The summed E-state index contributed by atoms with van der Waals surface area (Å²) in [5.74, 6) is -1.40. The van der Waals surface area contributed by atoms with Gasteiger partial charge in [0.1, 0.15) is 17.3 Å². The maximum Gasteiger partial charge on any atom is 0.300 e. The number of hydrogen-bond donors (Lipinski definition) is 2. The number of carbonyl (C=O) groups excluding carboxylic acids is 2. The number of phenolic OH excluding ortho intramolecular Hbond substituents is 1. The molecule has 1 saturated heterocycles. The number of phenols is 1. The van der Waals surface area contributed by atoms with E-state index in [1.165, 1.54) is 24.1 Å². The van der Waals surface area contributed by atoms with Crippen molar-refractivity contribution in [2.45, 2.75) is 13.0 Å². The van der Waals surface area contributed by atoms with Crippen LogP contribution in [0.1, 0.15) is 22.7 Å². The maximum absolute atomic E-state index is 13.2. The van der Waals surface area contributed by atoms with Crippen molar-refractivity contribution in [3.63, 3.8) is 0 Å². The van der Waals surface area contributed by atoms with Gasteiger partial charge in [-0.15, -0.1) is 0 Å². The Hall–Kier alpha value is -4.06. The normalized spacial score (nSPS) is 17.7. The fraction of sp³-hybridized carbons (Fsp3) is 0.120. The molecule has 0 radical (unpaired) electrons. The third-order valence-electron chi connectivity index (χ3n) is 5.39. The van der Waals surface area contributed by atoms with Crippen LogP contribution in [0.25, 0.3) is 5.76 Å². The second kappa shape index (κ2) is 7.99. The van der Waals surface area contributed by atoms with Crippen LogP contribution in [0.4, 0.5) is 5.69 Å². The number of aliphatic hydroxyl groups is 1. The second-order valence-electron chi connectivity index (χ2n) is 7.25. The number of benzene rings is 3. The molecule has 31 heavy (non-hydrogen) atoms. The molecule has 1 atom stereocenters. The van der Waals surface area contributed by atoms with Gasteiger partial charge >= 0.3 is 0 Å². The van der Waals surface area contributed by atoms with Crippen LogP contribution in [0, 0.1) is 6.92 Å². The molecule has 3 aromatic rings. The topological polar surface area (TPSA) is 87.1 Å². The monoisotopic (exact) mass is 415 g/mol. The Morgan fingerprint density at radius 1 is 0.935 bits per heavy atom. The zero-order valence-electron chi connectivity index (χ0n) is 17.1. The van der Waals surface area contributed by atoms with Gasteiger partial charge in [0, 0.05) is 5.69 Å². The summed E-state index contributed by atoms with van der Waals surface area (Å²) in [4.78, 5) is 27.7. The summed E-state index contributed by atoms with van der Waals surface area (Å²) < 4.78 is 5.34. The fourth-order valence-electron chi connectivity index (χ4n) is 3.87. The van der Waals surface area contributed by atoms with Crippen LogP contribution >= 0.6 is 0 Å². The van der Waals surface area contributed by atoms with Crippen LogP contribution in [0.2, 0.25) is 0 Å². The summed E-state index contributed by atoms with van der Waals surface area (Å²) in [6, 6.07) is 19.4. The summed E-state index contributed by atoms with van der Waals surface area (Å²) >= 11 is 0. The smallest absolute Gasteiger partial charge is 0.300 e. The summed E-state index contributed by atoms with van der Waals surface area (Å²) in [7, 11) is 1.47. The Labute approximate surface area is 179 Å². The molecule has 0 spiro atoms. The lowest BCUT2D eigenvalue weighted by Gasteiger charge is -2.27. The molecule has 1 aliphatic heterocycles. The van der Waals surface area contributed by atoms with Crippen molar-refractivity contribution in [2.75, 3.05) is 12.0 Å². The molecule has 2 N–H and O–H groups in total. The van der Waals surface area contributed by atoms with Gasteiger partial charge in [0.2, 0.25) is 0 Å². The van der Waals surface area contributed by atoms with Crippen molar-refractivity contribution < 1.29 is 24.5 Å². The van der Waals surface area contributed by atoms with Gasteiger partial charge in [0.15, 0.2) is 0 Å². The Kier molecular flexibility index (Phi) is 5.21. The molecular weight excluding hydrogens is 394 g/mol. The first-order valence-corrected chi connectivity index (χ1v) is 9.73. The van der Waals surface area contributed by atoms with Crippen LogP contribution in [0.15, 0.2) is 78.4 Å². The molecule has 156 valence electrons. The highest BCUT2D eigenvalue weighted by molar-refractivity contribution is 6.51. The number of anilines is 1. The zero-order valence-corrected chi connectivity index (χ0v) is 17.1. The average molecular weight is 415 g/mol. The van der Waals surface area contributed by atoms with Crippen molar-refractivity contribution in [1.29, 1.82) is 0 Å². The quantitative estimate of drug-likeness (QED) is 0.376. The van der Waals surface area contributed by atoms with Crippen molar-refractivity contribution in [3.05, 3.63) is 95.1 Å². The minimum absolute atomic E-state index is 0.0385. The molecule has 0 saturated carbocycles. The van der Waals surface area contributed by atoms with Gasteiger partial charge in [0.25, 0.3) is 11.7 Å². The molecular formula is C25H21NO5. The van der Waals surface area contributed by atoms with E-state index in [0.29, 0.717) is 22.6 Å². The molecule has 1 fully saturated rings. The van der Waals surface area contributed by atoms with E-state index in [2.05, 4.69) is 0 Å². The molecule has 1 amide bonds. The Balaban J connectivity index is 1.99. The van der Waals surface area contributed by atoms with Crippen molar-refractivity contribution in [1.82, 2.24) is 0 Å². The number of para-hydroxylation sites is 2. The number of rotatable bonds is 4. The largest absolute Gasteiger partial charge is 0.508 e. The first-order valence-electron chi connectivity index (χ1n) is 9.73. The maximum atomic E-state index is 13.2. The number of hydrogen-bond acceptors (Lipinski definition) is 5. The summed E-state index contributed by atoms with van der Waals surface area (Å²) in [6.07, 6.45) is 0. The van der Waals surface area contributed by atoms with E-state index >= 15 is 0 Å². The van der Waals surface area contributed by atoms with E-state index < -0.39 is 17.7 Å². The van der Waals surface area contributed by atoms with E-state index in [0.717, 1.165) is 5.56 Å². The summed E-state index contributed by atoms with van der Waals surface area (Å²) in [6.45, 7) is 1.85. The van der Waals surface area contributed by atoms with Gasteiger partial charge < -0.3 is 14.9 Å². The number of aliphatic hydroxyl groups excluding tert-OH is 1. The first-order chi connectivity index (χ1) is 14.9. The van der Waals surface area contributed by atoms with Gasteiger partial charge in [-0.2, -0.15) is 0 Å². The van der Waals surface area contributed by atoms with Gasteiger partial charge in [-0.25, -0.2) is 0 Å². The first kappa shape index (κ1) is 20.2. The molecule has 6 nitrogen and oxygen atoms in total. The summed E-state index contributed by atoms with van der Waals surface area (Å²) in [5.41, 5.74) is 2.24. The number of Topliss-reactive ketones (excluding diaryl/α,β-unsaturated/α-hetero) is 1. The lowest BCUT2D eigenvalue weighted by molar-refractivity contribution is -0.132. The van der Waals surface area contributed by atoms with E-state index in [-0.39, 0.29) is 17.1 Å². The average Bonchev–Trinajstić information content (AvgIpc) is 3.04. The van der Waals surface area contributed by atoms with E-state index in [4.69, 9.17) is 4.74 Å². The number of methoxy groups -OCH3 is 1. The highest BCUT2D eigenvalue weighted by Crippen LogP contribution is 2.44. The Morgan fingerprint density at radius 3 is 2.26 bits per heavy atom. The molecule has 1 unspecified atom stereocenters. The molecule has 6 heteroatoms. The van der Waals surface area contributed by atoms with Crippen LogP contribution in [0.3, 0.4) is 0 Å². The van der Waals surface area contributed by atoms with Crippen molar-refractivity contribution in [2.24, 2.45) is 0 Å². The van der Waals surface area contributed by atoms with Crippen LogP contribution in [-0.4, -0.2) is 29.0 Å². The van der Waals surface area contributed by atoms with Gasteiger partial charge in [-0.1, -0.05) is 42.5 Å². The highest BCUT2D eigenvalue weighted by Gasteiger charge is 2.47. The molecule has 3 aromatic carbocycles. The zero-order chi connectivity index (χ0) is 22.1. The van der Waals surface area contributed by atoms with Crippen molar-refractivity contribution in [3.8, 4) is 11.5 Å². The Morgan fingerprint density at radius 2 is 1.58 bits per heavy atom. The number of carbonyl (C=O) groups is 2.